The molecule has 1 aliphatic heterocycles. The molecule has 2 heterocycles. The van der Waals surface area contributed by atoms with Gasteiger partial charge in [-0.25, -0.2) is 23.4 Å². The number of hydrogen-bond donors (Lipinski definition) is 3. The Balaban J connectivity index is 0.000000396. The SMILES string of the molecule is NS(=O)(=O)CCC1CCN(c2n[nH]c(=O)c3ccccc23)CC1.O=C(O)C(F)(F)F. The predicted octanol–water partition coefficient (Wildman–Crippen LogP) is 1.45. The van der Waals surface area contributed by atoms with Gasteiger partial charge < -0.3 is 10.0 Å². The number of rotatable bonds is 4. The molecule has 0 saturated carbocycles. The average Bonchev–Trinajstić information content (AvgIpc) is 2.67. The molecule has 1 aliphatic rings. The second kappa shape index (κ2) is 9.43. The molecule has 1 aromatic heterocycles. The molecule has 9 nitrogen and oxygen atoms in total. The summed E-state index contributed by atoms with van der Waals surface area (Å²) < 4.78 is 53.9. The Morgan fingerprint density at radius 3 is 2.27 bits per heavy atom. The number of H-pyrrole nitrogens is 1. The summed E-state index contributed by atoms with van der Waals surface area (Å²) in [6.45, 7) is 1.58. The molecular formula is C17H21F3N4O5S. The number of carboxylic acids is 1. The van der Waals surface area contributed by atoms with E-state index < -0.39 is 22.2 Å². The van der Waals surface area contributed by atoms with Crippen molar-refractivity contribution in [3.63, 3.8) is 0 Å². The fraction of sp³-hybridized carbons (Fsp3) is 0.471. The van der Waals surface area contributed by atoms with Gasteiger partial charge in [-0.1, -0.05) is 18.2 Å². The summed E-state index contributed by atoms with van der Waals surface area (Å²) in [4.78, 5) is 22.9. The molecule has 0 amide bonds. The molecule has 2 aromatic rings. The van der Waals surface area contributed by atoms with Crippen molar-refractivity contribution in [3.05, 3.63) is 34.6 Å². The predicted molar refractivity (Wildman–Crippen MR) is 104 cm³/mol. The number of aliphatic carboxylic acids is 1. The number of carboxylic acid groups (broad SMARTS) is 1. The lowest BCUT2D eigenvalue weighted by Crippen LogP contribution is -2.35. The maximum Gasteiger partial charge on any atom is 0.490 e. The van der Waals surface area contributed by atoms with Crippen molar-refractivity contribution < 1.29 is 31.5 Å². The fourth-order valence-electron chi connectivity index (χ4n) is 3.11. The average molecular weight is 450 g/mol. The minimum Gasteiger partial charge on any atom is -0.475 e. The Morgan fingerprint density at radius 2 is 1.77 bits per heavy atom. The molecule has 0 atom stereocenters. The number of carbonyl (C=O) groups is 1. The molecule has 1 saturated heterocycles. The molecule has 0 aliphatic carbocycles. The molecule has 166 valence electrons. The Kier molecular flexibility index (Phi) is 7.42. The van der Waals surface area contributed by atoms with E-state index in [9.17, 15) is 26.4 Å². The molecular weight excluding hydrogens is 429 g/mol. The first-order valence-electron chi connectivity index (χ1n) is 8.91. The van der Waals surface area contributed by atoms with Crippen molar-refractivity contribution in [2.45, 2.75) is 25.4 Å². The summed E-state index contributed by atoms with van der Waals surface area (Å²) in [5, 5.41) is 20.4. The van der Waals surface area contributed by atoms with Gasteiger partial charge in [-0.3, -0.25) is 4.79 Å². The summed E-state index contributed by atoms with van der Waals surface area (Å²) in [5.74, 6) is -1.58. The van der Waals surface area contributed by atoms with Crippen LogP contribution >= 0.6 is 0 Å². The van der Waals surface area contributed by atoms with Crippen molar-refractivity contribution >= 4 is 32.6 Å². The lowest BCUT2D eigenvalue weighted by atomic mass is 9.94. The van der Waals surface area contributed by atoms with Crippen molar-refractivity contribution in [2.75, 3.05) is 23.7 Å². The van der Waals surface area contributed by atoms with E-state index in [1.807, 2.05) is 18.2 Å². The number of alkyl halides is 3. The number of nitrogens with zero attached hydrogens (tertiary/aromatic N) is 2. The van der Waals surface area contributed by atoms with Crippen LogP contribution in [0.1, 0.15) is 19.3 Å². The molecule has 1 aromatic carbocycles. The van der Waals surface area contributed by atoms with Gasteiger partial charge in [-0.05, 0) is 31.2 Å². The zero-order valence-corrected chi connectivity index (χ0v) is 16.5. The van der Waals surface area contributed by atoms with Gasteiger partial charge in [-0.2, -0.15) is 18.3 Å². The Hall–Kier alpha value is -2.67. The molecule has 0 radical (unpaired) electrons. The Morgan fingerprint density at radius 1 is 1.23 bits per heavy atom. The van der Waals surface area contributed by atoms with Gasteiger partial charge in [0.05, 0.1) is 11.1 Å². The van der Waals surface area contributed by atoms with Crippen LogP contribution in [0.3, 0.4) is 0 Å². The first-order valence-corrected chi connectivity index (χ1v) is 10.6. The summed E-state index contributed by atoms with van der Waals surface area (Å²) in [6, 6.07) is 7.42. The first kappa shape index (κ1) is 23.6. The highest BCUT2D eigenvalue weighted by Crippen LogP contribution is 2.27. The van der Waals surface area contributed by atoms with Gasteiger partial charge in [-0.15, -0.1) is 0 Å². The molecule has 13 heteroatoms. The van der Waals surface area contributed by atoms with Crippen molar-refractivity contribution in [1.82, 2.24) is 10.2 Å². The largest absolute Gasteiger partial charge is 0.490 e. The number of hydrogen-bond acceptors (Lipinski definition) is 6. The van der Waals surface area contributed by atoms with Crippen molar-refractivity contribution in [3.8, 4) is 0 Å². The number of benzene rings is 1. The van der Waals surface area contributed by atoms with Crippen LogP contribution in [0.25, 0.3) is 10.8 Å². The molecule has 4 N–H and O–H groups in total. The number of halogens is 3. The fourth-order valence-corrected chi connectivity index (χ4v) is 3.77. The van der Waals surface area contributed by atoms with Gasteiger partial charge >= 0.3 is 12.1 Å². The number of fused-ring (bicyclic) bond motifs is 1. The quantitative estimate of drug-likeness (QED) is 0.639. The molecule has 1 fully saturated rings. The van der Waals surface area contributed by atoms with E-state index in [4.69, 9.17) is 15.0 Å². The standard InChI is InChI=1S/C15H20N4O3S.C2HF3O2/c16-23(21,22)10-7-11-5-8-19(9-6-11)14-12-3-1-2-4-13(12)15(20)18-17-14;3-2(4,5)1(6)7/h1-4,11H,5-10H2,(H,18,20)(H2,16,21,22);(H,6,7). The number of aromatic amines is 1. The van der Waals surface area contributed by atoms with Crippen LogP contribution in [-0.4, -0.2) is 54.7 Å². The minimum absolute atomic E-state index is 0.0392. The summed E-state index contributed by atoms with van der Waals surface area (Å²) in [6.07, 6.45) is -2.69. The number of aromatic nitrogens is 2. The maximum atomic E-state index is 11.8. The molecule has 30 heavy (non-hydrogen) atoms. The minimum atomic E-state index is -5.08. The highest BCUT2D eigenvalue weighted by Gasteiger charge is 2.38. The van der Waals surface area contributed by atoms with E-state index in [1.54, 1.807) is 6.07 Å². The second-order valence-corrected chi connectivity index (χ2v) is 8.54. The van der Waals surface area contributed by atoms with Crippen molar-refractivity contribution in [1.29, 1.82) is 0 Å². The first-order chi connectivity index (χ1) is 13.9. The van der Waals surface area contributed by atoms with E-state index >= 15 is 0 Å². The lowest BCUT2D eigenvalue weighted by Gasteiger charge is -2.33. The van der Waals surface area contributed by atoms with Gasteiger partial charge in [0.25, 0.3) is 5.56 Å². The summed E-state index contributed by atoms with van der Waals surface area (Å²) in [7, 11) is -3.39. The number of anilines is 1. The number of piperidine rings is 1. The maximum absolute atomic E-state index is 11.8. The zero-order chi connectivity index (χ0) is 22.5. The lowest BCUT2D eigenvalue weighted by molar-refractivity contribution is -0.192. The van der Waals surface area contributed by atoms with Crippen LogP contribution in [0.5, 0.6) is 0 Å². The highest BCUT2D eigenvalue weighted by molar-refractivity contribution is 7.89. The number of sulfonamides is 1. The van der Waals surface area contributed by atoms with Gasteiger partial charge in [0, 0.05) is 18.5 Å². The van der Waals surface area contributed by atoms with E-state index in [1.165, 1.54) is 0 Å². The number of nitrogens with one attached hydrogen (secondary N) is 1. The van der Waals surface area contributed by atoms with Crippen LogP contribution < -0.4 is 15.6 Å². The van der Waals surface area contributed by atoms with Crippen LogP contribution in [0.4, 0.5) is 19.0 Å². The third-order valence-electron chi connectivity index (χ3n) is 4.64. The molecule has 0 spiro atoms. The molecule has 0 unspecified atom stereocenters. The Labute approximate surface area is 169 Å². The molecule has 0 bridgehead atoms. The highest BCUT2D eigenvalue weighted by atomic mass is 32.2. The van der Waals surface area contributed by atoms with Gasteiger partial charge in [0.15, 0.2) is 5.82 Å². The third kappa shape index (κ3) is 6.69. The zero-order valence-electron chi connectivity index (χ0n) is 15.7. The number of nitrogens with two attached hydrogens (primary N) is 1. The smallest absolute Gasteiger partial charge is 0.475 e. The normalized spacial score (nSPS) is 15.5. The van der Waals surface area contributed by atoms with Crippen molar-refractivity contribution in [2.24, 2.45) is 11.1 Å². The van der Waals surface area contributed by atoms with Gasteiger partial charge in [0.2, 0.25) is 10.0 Å². The summed E-state index contributed by atoms with van der Waals surface area (Å²) >= 11 is 0. The second-order valence-electron chi connectivity index (χ2n) is 6.81. The van der Waals surface area contributed by atoms with Crippen LogP contribution in [0.2, 0.25) is 0 Å². The number of primary sulfonamides is 1. The molecule has 3 rings (SSSR count). The topological polar surface area (TPSA) is 146 Å². The van der Waals surface area contributed by atoms with Crippen LogP contribution in [-0.2, 0) is 14.8 Å². The van der Waals surface area contributed by atoms with E-state index in [-0.39, 0.29) is 11.3 Å². The van der Waals surface area contributed by atoms with E-state index in [0.29, 0.717) is 17.7 Å². The van der Waals surface area contributed by atoms with Crippen LogP contribution in [0.15, 0.2) is 29.1 Å². The third-order valence-corrected chi connectivity index (χ3v) is 5.45. The Bertz CT molecular complexity index is 1050. The van der Waals surface area contributed by atoms with E-state index in [2.05, 4.69) is 15.1 Å². The van der Waals surface area contributed by atoms with Gasteiger partial charge in [0.1, 0.15) is 0 Å². The summed E-state index contributed by atoms with van der Waals surface area (Å²) in [5.41, 5.74) is -0.188. The van der Waals surface area contributed by atoms with E-state index in [0.717, 1.165) is 37.1 Å². The van der Waals surface area contributed by atoms with Crippen LogP contribution in [0, 0.1) is 5.92 Å². The monoisotopic (exact) mass is 450 g/mol.